The Morgan fingerprint density at radius 1 is 0.960 bits per heavy atom. The van der Waals surface area contributed by atoms with Gasteiger partial charge in [0.25, 0.3) is 5.91 Å². The van der Waals surface area contributed by atoms with E-state index >= 15 is 0 Å². The van der Waals surface area contributed by atoms with Crippen LogP contribution in [0.15, 0.2) is 48.5 Å². The topological polar surface area (TPSA) is 33.5 Å². The van der Waals surface area contributed by atoms with Crippen molar-refractivity contribution >= 4 is 11.6 Å². The van der Waals surface area contributed by atoms with E-state index in [0.29, 0.717) is 18.4 Å². The van der Waals surface area contributed by atoms with Crippen molar-refractivity contribution in [1.29, 1.82) is 0 Å². The fourth-order valence-corrected chi connectivity index (χ4v) is 3.01. The third-order valence-corrected chi connectivity index (χ3v) is 4.47. The zero-order chi connectivity index (χ0) is 18.4. The van der Waals surface area contributed by atoms with E-state index in [1.807, 2.05) is 18.2 Å². The second kappa shape index (κ2) is 8.82. The molecule has 0 spiro atoms. The van der Waals surface area contributed by atoms with E-state index in [1.165, 1.54) is 21.6 Å². The molecule has 134 valence electrons. The van der Waals surface area contributed by atoms with Gasteiger partial charge < -0.3 is 10.2 Å². The average Bonchev–Trinajstić information content (AvgIpc) is 2.55. The third-order valence-electron chi connectivity index (χ3n) is 4.47. The molecule has 2 rings (SSSR count). The van der Waals surface area contributed by atoms with Crippen LogP contribution in [-0.4, -0.2) is 19.5 Å². The number of carbonyl (C=O) groups excluding carboxylic acids is 1. The summed E-state index contributed by atoms with van der Waals surface area (Å²) in [5, 5.41) is 3.07. The number of likely N-dealkylation sites (N-methyl/N-ethyl adjacent to an activating group) is 1. The maximum Gasteiger partial charge on any atom is 0.279 e. The first kappa shape index (κ1) is 19.2. The van der Waals surface area contributed by atoms with Crippen LogP contribution in [-0.2, 0) is 11.3 Å². The van der Waals surface area contributed by atoms with E-state index in [9.17, 15) is 4.79 Å². The van der Waals surface area contributed by atoms with Gasteiger partial charge in [-0.3, -0.25) is 4.79 Å². The zero-order valence-electron chi connectivity index (χ0n) is 16.1. The predicted octanol–water partition coefficient (Wildman–Crippen LogP) is 3.59. The highest BCUT2D eigenvalue weighted by Crippen LogP contribution is 2.23. The minimum Gasteiger partial charge on any atom is -0.326 e. The standard InChI is InChI=1S/C22H30N2O/c1-16(2)19-12-10-18(11-13-19)14-24(5)15-22(25)23-21-9-7-6-8-20(21)17(3)4/h6-13,16-17H,14-15H2,1-5H3,(H,23,25)/p+1. The van der Waals surface area contributed by atoms with Crippen LogP contribution >= 0.6 is 0 Å². The monoisotopic (exact) mass is 339 g/mol. The Hall–Kier alpha value is -2.13. The van der Waals surface area contributed by atoms with Crippen LogP contribution in [0.1, 0.15) is 56.2 Å². The fraction of sp³-hybridized carbons (Fsp3) is 0.409. The SMILES string of the molecule is CC(C)c1ccc(C[NH+](C)CC(=O)Nc2ccccc2C(C)C)cc1. The lowest BCUT2D eigenvalue weighted by Gasteiger charge is -2.17. The number of hydrogen-bond donors (Lipinski definition) is 2. The van der Waals surface area contributed by atoms with E-state index in [1.54, 1.807) is 0 Å². The molecule has 1 unspecified atom stereocenters. The minimum atomic E-state index is 0.0596. The van der Waals surface area contributed by atoms with Gasteiger partial charge in [0.1, 0.15) is 6.54 Å². The molecule has 3 heteroatoms. The van der Waals surface area contributed by atoms with Crippen LogP contribution in [0.5, 0.6) is 0 Å². The van der Waals surface area contributed by atoms with E-state index in [4.69, 9.17) is 0 Å². The van der Waals surface area contributed by atoms with Gasteiger partial charge in [0.2, 0.25) is 0 Å². The van der Waals surface area contributed by atoms with Gasteiger partial charge in [-0.15, -0.1) is 0 Å². The molecule has 0 heterocycles. The molecule has 1 atom stereocenters. The molecule has 25 heavy (non-hydrogen) atoms. The van der Waals surface area contributed by atoms with Gasteiger partial charge in [0.05, 0.1) is 7.05 Å². The molecule has 0 saturated heterocycles. The Morgan fingerprint density at radius 2 is 1.60 bits per heavy atom. The maximum absolute atomic E-state index is 12.4. The van der Waals surface area contributed by atoms with Crippen molar-refractivity contribution in [3.8, 4) is 0 Å². The van der Waals surface area contributed by atoms with Crippen molar-refractivity contribution in [2.45, 2.75) is 46.1 Å². The van der Waals surface area contributed by atoms with Crippen molar-refractivity contribution < 1.29 is 9.69 Å². The van der Waals surface area contributed by atoms with Gasteiger partial charge in [-0.2, -0.15) is 0 Å². The first-order valence-corrected chi connectivity index (χ1v) is 9.15. The van der Waals surface area contributed by atoms with Crippen LogP contribution in [0, 0.1) is 0 Å². The maximum atomic E-state index is 12.4. The summed E-state index contributed by atoms with van der Waals surface area (Å²) in [6.07, 6.45) is 0. The lowest BCUT2D eigenvalue weighted by atomic mass is 10.0. The number of para-hydroxylation sites is 1. The summed E-state index contributed by atoms with van der Waals surface area (Å²) in [6, 6.07) is 16.8. The Balaban J connectivity index is 1.92. The van der Waals surface area contributed by atoms with E-state index < -0.39 is 0 Å². The second-order valence-corrected chi connectivity index (χ2v) is 7.50. The van der Waals surface area contributed by atoms with E-state index in [2.05, 4.69) is 70.4 Å². The molecule has 2 aromatic carbocycles. The van der Waals surface area contributed by atoms with Crippen LogP contribution in [0.4, 0.5) is 5.69 Å². The van der Waals surface area contributed by atoms with Crippen LogP contribution in [0.2, 0.25) is 0 Å². The van der Waals surface area contributed by atoms with Crippen molar-refractivity contribution in [3.63, 3.8) is 0 Å². The zero-order valence-corrected chi connectivity index (χ0v) is 16.1. The molecule has 0 fully saturated rings. The number of anilines is 1. The first-order valence-electron chi connectivity index (χ1n) is 9.15. The Labute approximate surface area is 152 Å². The molecule has 0 aliphatic heterocycles. The highest BCUT2D eigenvalue weighted by Gasteiger charge is 2.13. The second-order valence-electron chi connectivity index (χ2n) is 7.50. The number of carbonyl (C=O) groups is 1. The average molecular weight is 340 g/mol. The molecule has 0 aliphatic carbocycles. The van der Waals surface area contributed by atoms with Crippen molar-refractivity contribution in [2.24, 2.45) is 0 Å². The Morgan fingerprint density at radius 3 is 2.20 bits per heavy atom. The molecule has 0 bridgehead atoms. The molecule has 0 saturated carbocycles. The summed E-state index contributed by atoms with van der Waals surface area (Å²) in [5.41, 5.74) is 4.72. The van der Waals surface area contributed by atoms with Crippen LogP contribution in [0.3, 0.4) is 0 Å². The third kappa shape index (κ3) is 5.71. The molecule has 2 N–H and O–H groups in total. The minimum absolute atomic E-state index is 0.0596. The predicted molar refractivity (Wildman–Crippen MR) is 105 cm³/mol. The molecule has 0 radical (unpaired) electrons. The molecular weight excluding hydrogens is 308 g/mol. The number of quaternary nitrogens is 1. The molecule has 3 nitrogen and oxygen atoms in total. The van der Waals surface area contributed by atoms with E-state index in [0.717, 1.165) is 12.2 Å². The molecule has 2 aromatic rings. The van der Waals surface area contributed by atoms with Gasteiger partial charge in [-0.25, -0.2) is 0 Å². The number of hydrogen-bond acceptors (Lipinski definition) is 1. The summed E-state index contributed by atoms with van der Waals surface area (Å²) in [4.78, 5) is 13.6. The van der Waals surface area contributed by atoms with Crippen molar-refractivity contribution in [1.82, 2.24) is 0 Å². The fourth-order valence-electron chi connectivity index (χ4n) is 3.01. The number of rotatable bonds is 7. The van der Waals surface area contributed by atoms with Crippen molar-refractivity contribution in [2.75, 3.05) is 18.9 Å². The molecule has 0 aromatic heterocycles. The quantitative estimate of drug-likeness (QED) is 0.794. The Bertz CT molecular complexity index is 689. The van der Waals surface area contributed by atoms with Crippen molar-refractivity contribution in [3.05, 3.63) is 65.2 Å². The Kier molecular flexibility index (Phi) is 6.77. The van der Waals surface area contributed by atoms with Gasteiger partial charge in [0, 0.05) is 11.3 Å². The van der Waals surface area contributed by atoms with Gasteiger partial charge in [-0.1, -0.05) is 70.2 Å². The molecule has 1 amide bonds. The van der Waals surface area contributed by atoms with Gasteiger partial charge in [-0.05, 0) is 29.0 Å². The molecule has 0 aliphatic rings. The van der Waals surface area contributed by atoms with Crippen LogP contribution < -0.4 is 10.2 Å². The smallest absolute Gasteiger partial charge is 0.279 e. The lowest BCUT2D eigenvalue weighted by Crippen LogP contribution is -3.08. The molecular formula is C22H31N2O+. The summed E-state index contributed by atoms with van der Waals surface area (Å²) in [5.74, 6) is 0.997. The summed E-state index contributed by atoms with van der Waals surface area (Å²) >= 11 is 0. The normalized spacial score (nSPS) is 12.4. The number of amides is 1. The summed E-state index contributed by atoms with van der Waals surface area (Å²) in [6.45, 7) is 9.99. The van der Waals surface area contributed by atoms with Crippen LogP contribution in [0.25, 0.3) is 0 Å². The summed E-state index contributed by atoms with van der Waals surface area (Å²) < 4.78 is 0. The number of benzene rings is 2. The van der Waals surface area contributed by atoms with Gasteiger partial charge in [0.15, 0.2) is 6.54 Å². The van der Waals surface area contributed by atoms with E-state index in [-0.39, 0.29) is 5.91 Å². The first-order chi connectivity index (χ1) is 11.9. The highest BCUT2D eigenvalue weighted by atomic mass is 16.2. The van der Waals surface area contributed by atoms with Gasteiger partial charge >= 0.3 is 0 Å². The lowest BCUT2D eigenvalue weighted by molar-refractivity contribution is -0.885. The largest absolute Gasteiger partial charge is 0.326 e. The number of nitrogens with one attached hydrogen (secondary N) is 2. The summed E-state index contributed by atoms with van der Waals surface area (Å²) in [7, 11) is 2.06. The highest BCUT2D eigenvalue weighted by molar-refractivity contribution is 5.92.